The van der Waals surface area contributed by atoms with E-state index in [1.807, 2.05) is 27.7 Å². The molecule has 0 unspecified atom stereocenters. The van der Waals surface area contributed by atoms with Crippen molar-refractivity contribution in [2.75, 3.05) is 0 Å². The topological polar surface area (TPSA) is 42.9 Å². The van der Waals surface area contributed by atoms with Crippen LogP contribution in [0.3, 0.4) is 0 Å². The lowest BCUT2D eigenvalue weighted by Crippen LogP contribution is -2.11. The summed E-state index contributed by atoms with van der Waals surface area (Å²) in [6.45, 7) is 7.77. The van der Waals surface area contributed by atoms with Gasteiger partial charge in [0.15, 0.2) is 5.78 Å². The zero-order valence-corrected chi connectivity index (χ0v) is 9.11. The fourth-order valence-electron chi connectivity index (χ4n) is 1.08. The van der Waals surface area contributed by atoms with E-state index >= 15 is 0 Å². The first-order valence-corrected chi connectivity index (χ1v) is 4.89. The molecule has 0 radical (unpaired) electrons. The van der Waals surface area contributed by atoms with Crippen molar-refractivity contribution in [1.82, 2.24) is 9.97 Å². The predicted octanol–water partition coefficient (Wildman–Crippen LogP) is 2.44. The van der Waals surface area contributed by atoms with Gasteiger partial charge in [-0.3, -0.25) is 4.79 Å². The van der Waals surface area contributed by atoms with Gasteiger partial charge in [-0.1, -0.05) is 27.7 Å². The lowest BCUT2D eigenvalue weighted by molar-refractivity contribution is 0.0934. The molecule has 1 rings (SSSR count). The molecule has 0 fully saturated rings. The van der Waals surface area contributed by atoms with Crippen molar-refractivity contribution in [3.8, 4) is 0 Å². The second-order valence-corrected chi connectivity index (χ2v) is 3.97. The van der Waals surface area contributed by atoms with E-state index < -0.39 is 0 Å². The van der Waals surface area contributed by atoms with Crippen LogP contribution in [0.2, 0.25) is 0 Å². The van der Waals surface area contributed by atoms with Crippen LogP contribution in [0, 0.1) is 5.92 Å². The quantitative estimate of drug-likeness (QED) is 0.691. The first kappa shape index (κ1) is 10.8. The molecule has 76 valence electrons. The van der Waals surface area contributed by atoms with E-state index in [1.165, 1.54) is 0 Å². The summed E-state index contributed by atoms with van der Waals surface area (Å²) in [5, 5.41) is 0. The minimum Gasteiger partial charge on any atom is -0.292 e. The number of hydrogen-bond acceptors (Lipinski definition) is 3. The highest BCUT2D eigenvalue weighted by Crippen LogP contribution is 2.10. The SMILES string of the molecule is CC(C)C(=O)c1ccnc(C(C)C)n1. The average molecular weight is 192 g/mol. The van der Waals surface area contributed by atoms with Crippen molar-refractivity contribution >= 4 is 5.78 Å². The number of aromatic nitrogens is 2. The Morgan fingerprint density at radius 1 is 1.29 bits per heavy atom. The van der Waals surface area contributed by atoms with E-state index in [0.717, 1.165) is 5.82 Å². The summed E-state index contributed by atoms with van der Waals surface area (Å²) < 4.78 is 0. The van der Waals surface area contributed by atoms with Gasteiger partial charge >= 0.3 is 0 Å². The van der Waals surface area contributed by atoms with Crippen LogP contribution in [-0.4, -0.2) is 15.8 Å². The molecule has 0 amide bonds. The van der Waals surface area contributed by atoms with Crippen molar-refractivity contribution in [1.29, 1.82) is 0 Å². The molecule has 0 aromatic carbocycles. The van der Waals surface area contributed by atoms with Crippen LogP contribution in [0.1, 0.15) is 49.9 Å². The van der Waals surface area contributed by atoms with Crippen molar-refractivity contribution in [3.05, 3.63) is 23.8 Å². The summed E-state index contributed by atoms with van der Waals surface area (Å²) in [4.78, 5) is 20.0. The predicted molar refractivity (Wildman–Crippen MR) is 55.3 cm³/mol. The number of hydrogen-bond donors (Lipinski definition) is 0. The average Bonchev–Trinajstić information content (AvgIpc) is 2.16. The summed E-state index contributed by atoms with van der Waals surface area (Å²) in [7, 11) is 0. The highest BCUT2D eigenvalue weighted by atomic mass is 16.1. The van der Waals surface area contributed by atoms with Crippen LogP contribution in [0.5, 0.6) is 0 Å². The van der Waals surface area contributed by atoms with Crippen molar-refractivity contribution in [2.24, 2.45) is 5.92 Å². The summed E-state index contributed by atoms with van der Waals surface area (Å²) in [5.74, 6) is 1.06. The van der Waals surface area contributed by atoms with Crippen LogP contribution in [0.25, 0.3) is 0 Å². The van der Waals surface area contributed by atoms with Crippen LogP contribution in [-0.2, 0) is 0 Å². The van der Waals surface area contributed by atoms with Gasteiger partial charge in [0.25, 0.3) is 0 Å². The lowest BCUT2D eigenvalue weighted by Gasteiger charge is -2.06. The Morgan fingerprint density at radius 3 is 2.43 bits per heavy atom. The largest absolute Gasteiger partial charge is 0.292 e. The van der Waals surface area contributed by atoms with E-state index in [-0.39, 0.29) is 17.6 Å². The van der Waals surface area contributed by atoms with Crippen LogP contribution in [0.4, 0.5) is 0 Å². The molecular formula is C11H16N2O. The van der Waals surface area contributed by atoms with Gasteiger partial charge in [-0.2, -0.15) is 0 Å². The first-order chi connectivity index (χ1) is 6.52. The molecule has 3 nitrogen and oxygen atoms in total. The summed E-state index contributed by atoms with van der Waals surface area (Å²) >= 11 is 0. The molecule has 0 spiro atoms. The van der Waals surface area contributed by atoms with E-state index in [2.05, 4.69) is 9.97 Å². The Labute approximate surface area is 84.6 Å². The third-order valence-corrected chi connectivity index (χ3v) is 1.97. The Bertz CT molecular complexity index is 332. The fourth-order valence-corrected chi connectivity index (χ4v) is 1.08. The molecule has 1 aromatic heterocycles. The third kappa shape index (κ3) is 2.37. The van der Waals surface area contributed by atoms with Gasteiger partial charge < -0.3 is 0 Å². The molecule has 0 aliphatic carbocycles. The molecule has 0 atom stereocenters. The van der Waals surface area contributed by atoms with Gasteiger partial charge in [-0.25, -0.2) is 9.97 Å². The molecule has 3 heteroatoms. The summed E-state index contributed by atoms with van der Waals surface area (Å²) in [6.07, 6.45) is 1.65. The minimum atomic E-state index is -0.00934. The Kier molecular flexibility index (Phi) is 3.33. The highest BCUT2D eigenvalue weighted by Gasteiger charge is 2.13. The summed E-state index contributed by atoms with van der Waals surface area (Å²) in [6, 6.07) is 1.67. The number of rotatable bonds is 3. The first-order valence-electron chi connectivity index (χ1n) is 4.89. The number of Topliss-reactive ketones (excluding diaryl/α,β-unsaturated/α-hetero) is 1. The highest BCUT2D eigenvalue weighted by molar-refractivity contribution is 5.95. The minimum absolute atomic E-state index is 0.00934. The van der Waals surface area contributed by atoms with Gasteiger partial charge in [-0.15, -0.1) is 0 Å². The fraction of sp³-hybridized carbons (Fsp3) is 0.545. The molecule has 0 saturated carbocycles. The van der Waals surface area contributed by atoms with E-state index in [4.69, 9.17) is 0 Å². The van der Waals surface area contributed by atoms with E-state index in [1.54, 1.807) is 12.3 Å². The maximum absolute atomic E-state index is 11.6. The number of nitrogens with zero attached hydrogens (tertiary/aromatic N) is 2. The lowest BCUT2D eigenvalue weighted by atomic mass is 10.1. The Morgan fingerprint density at radius 2 is 1.93 bits per heavy atom. The van der Waals surface area contributed by atoms with Crippen molar-refractivity contribution < 1.29 is 4.79 Å². The van der Waals surface area contributed by atoms with Crippen molar-refractivity contribution in [3.63, 3.8) is 0 Å². The zero-order valence-electron chi connectivity index (χ0n) is 9.11. The number of carbonyl (C=O) groups is 1. The Balaban J connectivity index is 3.00. The molecular weight excluding hydrogens is 176 g/mol. The van der Waals surface area contributed by atoms with Gasteiger partial charge in [0.2, 0.25) is 0 Å². The molecule has 0 bridgehead atoms. The molecule has 0 saturated heterocycles. The van der Waals surface area contributed by atoms with Gasteiger partial charge in [-0.05, 0) is 6.07 Å². The second-order valence-electron chi connectivity index (χ2n) is 3.97. The van der Waals surface area contributed by atoms with Gasteiger partial charge in [0.1, 0.15) is 11.5 Å². The summed E-state index contributed by atoms with van der Waals surface area (Å²) in [5.41, 5.74) is 0.527. The third-order valence-electron chi connectivity index (χ3n) is 1.97. The second kappa shape index (κ2) is 4.31. The normalized spacial score (nSPS) is 11.0. The number of carbonyl (C=O) groups excluding carboxylic acids is 1. The van der Waals surface area contributed by atoms with Gasteiger partial charge in [0, 0.05) is 18.0 Å². The van der Waals surface area contributed by atoms with Crippen LogP contribution in [0.15, 0.2) is 12.3 Å². The van der Waals surface area contributed by atoms with Crippen LogP contribution >= 0.6 is 0 Å². The van der Waals surface area contributed by atoms with Gasteiger partial charge in [0.05, 0.1) is 0 Å². The smallest absolute Gasteiger partial charge is 0.183 e. The standard InChI is InChI=1S/C11H16N2O/c1-7(2)10(14)9-5-6-12-11(13-9)8(3)4/h5-8H,1-4H3. The van der Waals surface area contributed by atoms with E-state index in [0.29, 0.717) is 5.69 Å². The van der Waals surface area contributed by atoms with E-state index in [9.17, 15) is 4.79 Å². The molecule has 14 heavy (non-hydrogen) atoms. The molecule has 0 aliphatic rings. The van der Waals surface area contributed by atoms with Crippen molar-refractivity contribution in [2.45, 2.75) is 33.6 Å². The molecule has 0 N–H and O–H groups in total. The zero-order chi connectivity index (χ0) is 10.7. The monoisotopic (exact) mass is 192 g/mol. The molecule has 1 heterocycles. The molecule has 0 aliphatic heterocycles. The maximum Gasteiger partial charge on any atom is 0.183 e. The molecule has 1 aromatic rings. The Hall–Kier alpha value is -1.25. The maximum atomic E-state index is 11.6. The number of ketones is 1. The van der Waals surface area contributed by atoms with Crippen LogP contribution < -0.4 is 0 Å².